The molecule has 0 aliphatic heterocycles. The molecular formula is C52H38N4O. The average Bonchev–Trinajstić information content (AvgIpc) is 3.97. The van der Waals surface area contributed by atoms with Crippen molar-refractivity contribution in [1.82, 2.24) is 19.3 Å². The van der Waals surface area contributed by atoms with Crippen LogP contribution in [0.2, 0.25) is 0 Å². The molecule has 10 aromatic rings. The Morgan fingerprint density at radius 1 is 0.579 bits per heavy atom. The molecule has 1 aliphatic rings. The predicted molar refractivity (Wildman–Crippen MR) is 234 cm³/mol. The van der Waals surface area contributed by atoms with Crippen molar-refractivity contribution in [2.45, 2.75) is 25.4 Å². The molecule has 1 aliphatic carbocycles. The molecule has 0 bridgehead atoms. The fourth-order valence-electron chi connectivity index (χ4n) is 8.77. The highest BCUT2D eigenvalue weighted by molar-refractivity contribution is 6.14. The molecular weight excluding hydrogens is 697 g/mol. The lowest BCUT2D eigenvalue weighted by Gasteiger charge is -2.32. The Kier molecular flexibility index (Phi) is 7.68. The Bertz CT molecular complexity index is 3190. The number of allylic oxidation sites excluding steroid dienone is 4. The van der Waals surface area contributed by atoms with E-state index in [1.165, 1.54) is 27.4 Å². The van der Waals surface area contributed by atoms with Crippen LogP contribution in [0.25, 0.3) is 83.0 Å². The number of nitrogens with zero attached hydrogens (tertiary/aromatic N) is 4. The third-order valence-corrected chi connectivity index (χ3v) is 11.6. The second-order valence-corrected chi connectivity index (χ2v) is 15.2. The Balaban J connectivity index is 0.980. The number of hydrogen-bond donors (Lipinski definition) is 0. The van der Waals surface area contributed by atoms with E-state index < -0.39 is 0 Å². The lowest BCUT2D eigenvalue weighted by molar-refractivity contribution is 0.438. The highest BCUT2D eigenvalue weighted by Crippen LogP contribution is 2.43. The van der Waals surface area contributed by atoms with Crippen LogP contribution in [0.15, 0.2) is 193 Å². The predicted octanol–water partition coefficient (Wildman–Crippen LogP) is 13.1. The first-order valence-corrected chi connectivity index (χ1v) is 19.6. The smallest absolute Gasteiger partial charge is 0.181 e. The van der Waals surface area contributed by atoms with E-state index in [0.717, 1.165) is 73.4 Å². The van der Waals surface area contributed by atoms with Gasteiger partial charge >= 0.3 is 0 Å². The number of furan rings is 1. The minimum atomic E-state index is -0.312. The van der Waals surface area contributed by atoms with Crippen LogP contribution in [0, 0.1) is 0 Å². The molecule has 0 saturated heterocycles. The molecule has 3 aromatic heterocycles. The molecule has 0 saturated carbocycles. The molecule has 0 N–H and O–H groups in total. The second kappa shape index (κ2) is 13.2. The van der Waals surface area contributed by atoms with Gasteiger partial charge in [0.2, 0.25) is 0 Å². The average molecular weight is 735 g/mol. The molecule has 272 valence electrons. The zero-order valence-corrected chi connectivity index (χ0v) is 31.5. The largest absolute Gasteiger partial charge is 0.455 e. The topological polar surface area (TPSA) is 48.8 Å². The summed E-state index contributed by atoms with van der Waals surface area (Å²) in [4.78, 5) is 5.12. The fraction of sp³-hybridized carbons (Fsp3) is 0.0769. The third kappa shape index (κ3) is 5.54. The molecule has 5 nitrogen and oxygen atoms in total. The summed E-state index contributed by atoms with van der Waals surface area (Å²) in [6, 6.07) is 59.9. The molecule has 0 fully saturated rings. The van der Waals surface area contributed by atoms with Crippen LogP contribution >= 0.6 is 0 Å². The van der Waals surface area contributed by atoms with Crippen LogP contribution in [-0.2, 0) is 12.1 Å². The van der Waals surface area contributed by atoms with Gasteiger partial charge in [-0.05, 0) is 48.2 Å². The van der Waals surface area contributed by atoms with E-state index in [1.807, 2.05) is 16.8 Å². The van der Waals surface area contributed by atoms with Gasteiger partial charge in [0.25, 0.3) is 0 Å². The van der Waals surface area contributed by atoms with E-state index in [2.05, 4.69) is 187 Å². The molecule has 3 heterocycles. The lowest BCUT2D eigenvalue weighted by Crippen LogP contribution is -2.28. The SMILES string of the molecule is CC1(n2c3ccccc3c3cc(-c4cccc5c4oc4c(-c6ccccc6)cccc45)ccc32)C=CC(c2nc(-c3ccccc3)n(Cc3ccccc3)n2)=CC1. The van der Waals surface area contributed by atoms with Crippen LogP contribution in [0.1, 0.15) is 24.7 Å². The van der Waals surface area contributed by atoms with Crippen molar-refractivity contribution >= 4 is 49.3 Å². The zero-order valence-electron chi connectivity index (χ0n) is 31.5. The van der Waals surface area contributed by atoms with Crippen molar-refractivity contribution in [3.63, 3.8) is 0 Å². The summed E-state index contributed by atoms with van der Waals surface area (Å²) in [5.74, 6) is 1.61. The van der Waals surface area contributed by atoms with E-state index >= 15 is 0 Å². The summed E-state index contributed by atoms with van der Waals surface area (Å²) in [5, 5.41) is 9.79. The molecule has 0 amide bonds. The first-order chi connectivity index (χ1) is 28.1. The third-order valence-electron chi connectivity index (χ3n) is 11.6. The van der Waals surface area contributed by atoms with Crippen LogP contribution < -0.4 is 0 Å². The molecule has 1 atom stereocenters. The van der Waals surface area contributed by atoms with Gasteiger partial charge in [0, 0.05) is 54.8 Å². The monoisotopic (exact) mass is 734 g/mol. The van der Waals surface area contributed by atoms with E-state index in [1.54, 1.807) is 0 Å². The van der Waals surface area contributed by atoms with Gasteiger partial charge in [0.05, 0.1) is 12.1 Å². The molecule has 0 radical (unpaired) electrons. The van der Waals surface area contributed by atoms with Crippen molar-refractivity contribution in [3.8, 4) is 33.6 Å². The van der Waals surface area contributed by atoms with Gasteiger partial charge in [-0.15, -0.1) is 0 Å². The van der Waals surface area contributed by atoms with Gasteiger partial charge in [-0.25, -0.2) is 9.67 Å². The fourth-order valence-corrected chi connectivity index (χ4v) is 8.77. The van der Waals surface area contributed by atoms with Crippen molar-refractivity contribution in [3.05, 3.63) is 199 Å². The van der Waals surface area contributed by atoms with Gasteiger partial charge in [-0.1, -0.05) is 170 Å². The second-order valence-electron chi connectivity index (χ2n) is 15.2. The molecule has 1 unspecified atom stereocenters. The normalized spacial score (nSPS) is 15.6. The van der Waals surface area contributed by atoms with Crippen LogP contribution in [0.4, 0.5) is 0 Å². The molecule has 57 heavy (non-hydrogen) atoms. The van der Waals surface area contributed by atoms with Gasteiger partial charge in [-0.2, -0.15) is 5.10 Å². The van der Waals surface area contributed by atoms with Crippen LogP contribution in [0.3, 0.4) is 0 Å². The Labute approximate surface area is 330 Å². The Hall–Kier alpha value is -7.24. The molecule has 7 aromatic carbocycles. The number of para-hydroxylation sites is 3. The molecule has 11 rings (SSSR count). The van der Waals surface area contributed by atoms with Crippen molar-refractivity contribution < 1.29 is 4.42 Å². The van der Waals surface area contributed by atoms with Gasteiger partial charge in [-0.3, -0.25) is 0 Å². The quantitative estimate of drug-likeness (QED) is 0.164. The van der Waals surface area contributed by atoms with Gasteiger partial charge < -0.3 is 8.98 Å². The van der Waals surface area contributed by atoms with Crippen molar-refractivity contribution in [2.75, 3.05) is 0 Å². The Morgan fingerprint density at radius 2 is 1.19 bits per heavy atom. The number of hydrogen-bond acceptors (Lipinski definition) is 3. The van der Waals surface area contributed by atoms with Crippen LogP contribution in [-0.4, -0.2) is 19.3 Å². The lowest BCUT2D eigenvalue weighted by atomic mass is 9.89. The summed E-state index contributed by atoms with van der Waals surface area (Å²) >= 11 is 0. The number of fused-ring (bicyclic) bond motifs is 6. The van der Waals surface area contributed by atoms with E-state index in [4.69, 9.17) is 14.5 Å². The maximum atomic E-state index is 6.82. The van der Waals surface area contributed by atoms with Crippen molar-refractivity contribution in [2.24, 2.45) is 0 Å². The first kappa shape index (κ1) is 33.1. The zero-order chi connectivity index (χ0) is 37.9. The summed E-state index contributed by atoms with van der Waals surface area (Å²) in [5.41, 5.74) is 11.7. The summed E-state index contributed by atoms with van der Waals surface area (Å²) < 4.78 is 11.4. The van der Waals surface area contributed by atoms with Crippen molar-refractivity contribution in [1.29, 1.82) is 0 Å². The maximum Gasteiger partial charge on any atom is 0.181 e. The maximum absolute atomic E-state index is 6.82. The minimum Gasteiger partial charge on any atom is -0.455 e. The molecule has 5 heteroatoms. The highest BCUT2D eigenvalue weighted by atomic mass is 16.3. The Morgan fingerprint density at radius 3 is 1.89 bits per heavy atom. The number of benzene rings is 7. The summed E-state index contributed by atoms with van der Waals surface area (Å²) in [7, 11) is 0. The standard InChI is InChI=1S/C52H38N4O/c1-52(31-29-37(30-32-52)50-53-51(38-19-9-4-10-20-38)55(54-50)34-35-15-5-2-6-16-35)56-46-26-12-11-21-42(46)45-33-39(27-28-47(45)56)41-23-14-25-44-43-24-13-22-40(48(43)57-49(41)44)36-17-7-3-8-18-36/h2-31,33H,32,34H2,1H3. The first-order valence-electron chi connectivity index (χ1n) is 19.6. The van der Waals surface area contributed by atoms with Gasteiger partial charge in [0.15, 0.2) is 11.6 Å². The van der Waals surface area contributed by atoms with E-state index in [0.29, 0.717) is 6.54 Å². The van der Waals surface area contributed by atoms with Crippen LogP contribution in [0.5, 0.6) is 0 Å². The number of rotatable bonds is 7. The molecule has 0 spiro atoms. The van der Waals surface area contributed by atoms with Gasteiger partial charge in [0.1, 0.15) is 11.2 Å². The highest BCUT2D eigenvalue weighted by Gasteiger charge is 2.30. The van der Waals surface area contributed by atoms with E-state index in [-0.39, 0.29) is 5.54 Å². The van der Waals surface area contributed by atoms with E-state index in [9.17, 15) is 0 Å². The summed E-state index contributed by atoms with van der Waals surface area (Å²) in [6.45, 7) is 2.97. The summed E-state index contributed by atoms with van der Waals surface area (Å²) in [6.07, 6.45) is 7.64. The minimum absolute atomic E-state index is 0.312. The number of aromatic nitrogens is 4.